The molecule has 4 rings (SSSR count). The van der Waals surface area contributed by atoms with E-state index in [2.05, 4.69) is 92.5 Å². The number of alkyl halides is 2. The Morgan fingerprint density at radius 1 is 0.593 bits per heavy atom. The molecule has 0 unspecified atom stereocenters. The number of hydrogen-bond donors (Lipinski definition) is 0. The second-order valence-electron chi connectivity index (χ2n) is 6.31. The highest BCUT2D eigenvalue weighted by atomic mass is 79.9. The Bertz CT molecular complexity index is 1000. The smallest absolute Gasteiger partial charge is 0.143 e. The van der Waals surface area contributed by atoms with Crippen molar-refractivity contribution in [2.45, 2.75) is 6.42 Å². The van der Waals surface area contributed by atoms with Crippen LogP contribution < -0.4 is 9.47 Å². The molecule has 0 bridgehead atoms. The van der Waals surface area contributed by atoms with Crippen molar-refractivity contribution in [3.8, 4) is 11.5 Å². The van der Waals surface area contributed by atoms with Crippen molar-refractivity contribution in [2.24, 2.45) is 0 Å². The van der Waals surface area contributed by atoms with Crippen LogP contribution in [0.3, 0.4) is 0 Å². The summed E-state index contributed by atoms with van der Waals surface area (Å²) in [6.07, 6.45) is 0.812. The topological polar surface area (TPSA) is 18.5 Å². The van der Waals surface area contributed by atoms with Crippen LogP contribution in [-0.2, 0) is 6.42 Å². The molecule has 0 amide bonds. The van der Waals surface area contributed by atoms with Crippen LogP contribution in [0.1, 0.15) is 11.1 Å². The van der Waals surface area contributed by atoms with Gasteiger partial charge in [0.2, 0.25) is 0 Å². The molecular weight excluding hydrogens is 468 g/mol. The van der Waals surface area contributed by atoms with Crippen molar-refractivity contribution in [3.05, 3.63) is 83.9 Å². The predicted octanol–water partition coefficient (Wildman–Crippen LogP) is 7.05. The molecule has 0 saturated heterocycles. The number of ether oxygens (including phenoxy) is 2. The largest absolute Gasteiger partial charge is 0.482 e. The fourth-order valence-corrected chi connectivity index (χ4v) is 3.96. The first kappa shape index (κ1) is 18.3. The van der Waals surface area contributed by atoms with Crippen LogP contribution >= 0.6 is 31.9 Å². The maximum absolute atomic E-state index is 5.82. The van der Waals surface area contributed by atoms with Gasteiger partial charge in [0.1, 0.15) is 22.5 Å². The summed E-state index contributed by atoms with van der Waals surface area (Å²) in [5.74, 6) is 1.80. The third-order valence-corrected chi connectivity index (χ3v) is 5.05. The van der Waals surface area contributed by atoms with Gasteiger partial charge in [0.05, 0.1) is 0 Å². The summed E-state index contributed by atoms with van der Waals surface area (Å²) in [4.78, 5) is 0. The molecule has 0 aromatic heterocycles. The third kappa shape index (κ3) is 3.97. The zero-order valence-electron chi connectivity index (χ0n) is 14.6. The first-order valence-electron chi connectivity index (χ1n) is 8.69. The normalized spacial score (nSPS) is 11.0. The molecule has 2 nitrogen and oxygen atoms in total. The number of benzene rings is 4. The maximum atomic E-state index is 5.82. The van der Waals surface area contributed by atoms with Crippen LogP contribution in [0.25, 0.3) is 21.5 Å². The van der Waals surface area contributed by atoms with Gasteiger partial charge < -0.3 is 9.47 Å². The molecule has 0 fully saturated rings. The monoisotopic (exact) mass is 484 g/mol. The highest BCUT2D eigenvalue weighted by molar-refractivity contribution is 9.09. The van der Waals surface area contributed by atoms with E-state index in [0.717, 1.165) is 28.7 Å². The summed E-state index contributed by atoms with van der Waals surface area (Å²) < 4.78 is 11.6. The minimum Gasteiger partial charge on any atom is -0.482 e. The molecule has 0 aliphatic heterocycles. The van der Waals surface area contributed by atoms with Gasteiger partial charge in [-0.05, 0) is 72.3 Å². The Morgan fingerprint density at radius 2 is 1.04 bits per heavy atom. The van der Waals surface area contributed by atoms with Gasteiger partial charge in [-0.3, -0.25) is 0 Å². The molecule has 4 aromatic rings. The first-order chi connectivity index (χ1) is 13.3. The van der Waals surface area contributed by atoms with E-state index in [1.165, 1.54) is 21.9 Å². The number of rotatable bonds is 6. The summed E-state index contributed by atoms with van der Waals surface area (Å²) in [6.45, 7) is 0. The van der Waals surface area contributed by atoms with Crippen LogP contribution in [0, 0.1) is 0 Å². The summed E-state index contributed by atoms with van der Waals surface area (Å²) in [5.41, 5.74) is 3.37. The molecule has 0 atom stereocenters. The van der Waals surface area contributed by atoms with E-state index < -0.39 is 0 Å². The van der Waals surface area contributed by atoms with Crippen LogP contribution in [0.4, 0.5) is 0 Å². The Balaban J connectivity index is 1.77. The summed E-state index contributed by atoms with van der Waals surface area (Å²) >= 11 is 6.75. The molecule has 0 heterocycles. The van der Waals surface area contributed by atoms with Crippen molar-refractivity contribution < 1.29 is 9.47 Å². The van der Waals surface area contributed by atoms with Gasteiger partial charge in [-0.15, -0.1) is 0 Å². The Morgan fingerprint density at radius 3 is 1.48 bits per heavy atom. The average molecular weight is 486 g/mol. The predicted molar refractivity (Wildman–Crippen MR) is 120 cm³/mol. The fraction of sp³-hybridized carbons (Fsp3) is 0.130. The highest BCUT2D eigenvalue weighted by Gasteiger charge is 2.09. The SMILES string of the molecule is BrCOc1cc(Cc2cc(OCBr)c3ccccc3c2)cc2ccccc12. The minimum absolute atomic E-state index is 0.472. The van der Waals surface area contributed by atoms with Crippen molar-refractivity contribution in [3.63, 3.8) is 0 Å². The lowest BCUT2D eigenvalue weighted by atomic mass is 9.98. The second kappa shape index (κ2) is 8.32. The van der Waals surface area contributed by atoms with Crippen LogP contribution in [0.15, 0.2) is 72.8 Å². The van der Waals surface area contributed by atoms with E-state index in [0.29, 0.717) is 11.0 Å². The van der Waals surface area contributed by atoms with E-state index in [1.807, 2.05) is 12.1 Å². The molecule has 4 aromatic carbocycles. The van der Waals surface area contributed by atoms with E-state index in [4.69, 9.17) is 9.47 Å². The first-order valence-corrected chi connectivity index (χ1v) is 10.9. The van der Waals surface area contributed by atoms with Crippen molar-refractivity contribution in [1.82, 2.24) is 0 Å². The zero-order valence-corrected chi connectivity index (χ0v) is 17.8. The zero-order chi connectivity index (χ0) is 18.6. The molecule has 0 aliphatic carbocycles. The quantitative estimate of drug-likeness (QED) is 0.272. The van der Waals surface area contributed by atoms with Crippen LogP contribution in [0.2, 0.25) is 0 Å². The summed E-state index contributed by atoms with van der Waals surface area (Å²) in [6, 6.07) is 25.3. The molecule has 0 radical (unpaired) electrons. The third-order valence-electron chi connectivity index (χ3n) is 4.60. The maximum Gasteiger partial charge on any atom is 0.143 e. The van der Waals surface area contributed by atoms with Crippen molar-refractivity contribution in [1.29, 1.82) is 0 Å². The standard InChI is InChI=1S/C23H18Br2O2/c24-14-26-22-12-16(10-18-5-1-3-7-20(18)22)9-17-11-19-6-2-4-8-21(19)23(13-17)27-15-25/h1-8,10-13H,9,14-15H2. The lowest BCUT2D eigenvalue weighted by Crippen LogP contribution is -1.96. The van der Waals surface area contributed by atoms with Crippen molar-refractivity contribution >= 4 is 53.4 Å². The van der Waals surface area contributed by atoms with E-state index >= 15 is 0 Å². The highest BCUT2D eigenvalue weighted by Crippen LogP contribution is 2.32. The Hall–Kier alpha value is -2.04. The molecule has 136 valence electrons. The average Bonchev–Trinajstić information content (AvgIpc) is 2.68. The molecular formula is C23H18Br2O2. The fourth-order valence-electron chi connectivity index (χ4n) is 3.47. The van der Waals surface area contributed by atoms with Crippen LogP contribution in [-0.4, -0.2) is 11.0 Å². The number of hydrogen-bond acceptors (Lipinski definition) is 2. The summed E-state index contributed by atoms with van der Waals surface area (Å²) in [7, 11) is 0. The lowest BCUT2D eigenvalue weighted by molar-refractivity contribution is 0.402. The molecule has 4 heteroatoms. The molecule has 0 N–H and O–H groups in total. The molecule has 0 spiro atoms. The van der Waals surface area contributed by atoms with Crippen molar-refractivity contribution in [2.75, 3.05) is 11.0 Å². The van der Waals surface area contributed by atoms with E-state index in [-0.39, 0.29) is 0 Å². The van der Waals surface area contributed by atoms with Gasteiger partial charge in [0.25, 0.3) is 0 Å². The molecule has 27 heavy (non-hydrogen) atoms. The lowest BCUT2D eigenvalue weighted by Gasteiger charge is -2.13. The van der Waals surface area contributed by atoms with Gasteiger partial charge in [0.15, 0.2) is 0 Å². The number of halogens is 2. The van der Waals surface area contributed by atoms with Gasteiger partial charge in [-0.25, -0.2) is 0 Å². The van der Waals surface area contributed by atoms with Gasteiger partial charge in [0, 0.05) is 10.8 Å². The molecule has 0 saturated carbocycles. The van der Waals surface area contributed by atoms with E-state index in [1.54, 1.807) is 0 Å². The second-order valence-corrected chi connectivity index (χ2v) is 7.23. The Labute approximate surface area is 175 Å². The minimum atomic E-state index is 0.472. The van der Waals surface area contributed by atoms with Gasteiger partial charge >= 0.3 is 0 Å². The van der Waals surface area contributed by atoms with E-state index in [9.17, 15) is 0 Å². The number of fused-ring (bicyclic) bond motifs is 2. The van der Waals surface area contributed by atoms with Gasteiger partial charge in [-0.1, -0.05) is 60.7 Å². The van der Waals surface area contributed by atoms with Crippen LogP contribution in [0.5, 0.6) is 11.5 Å². The van der Waals surface area contributed by atoms with Gasteiger partial charge in [-0.2, -0.15) is 0 Å². The summed E-state index contributed by atoms with van der Waals surface area (Å²) in [5, 5.41) is 4.62. The Kier molecular flexibility index (Phi) is 5.65. The molecule has 0 aliphatic rings.